The van der Waals surface area contributed by atoms with Gasteiger partial charge in [0, 0.05) is 17.8 Å². The number of rotatable bonds is 4. The summed E-state index contributed by atoms with van der Waals surface area (Å²) in [5.74, 6) is -0.203. The molecule has 0 aromatic heterocycles. The molecule has 0 radical (unpaired) electrons. The van der Waals surface area contributed by atoms with Crippen LogP contribution in [0.4, 0.5) is 11.4 Å². The minimum absolute atomic E-state index is 0.203. The number of hydrogen-bond donors (Lipinski definition) is 1. The Bertz CT molecular complexity index is 1190. The molecule has 1 aliphatic heterocycles. The lowest BCUT2D eigenvalue weighted by molar-refractivity contribution is 0.102. The van der Waals surface area contributed by atoms with Crippen molar-refractivity contribution in [2.24, 2.45) is 0 Å². The summed E-state index contributed by atoms with van der Waals surface area (Å²) in [4.78, 5) is 13.0. The minimum atomic E-state index is -3.61. The predicted octanol–water partition coefficient (Wildman–Crippen LogP) is 4.31. The number of sulfonamides is 1. The molecular weight excluding hydrogens is 384 g/mol. The van der Waals surface area contributed by atoms with E-state index < -0.39 is 10.0 Å². The fourth-order valence-corrected chi connectivity index (χ4v) is 5.07. The normalized spacial score (nSPS) is 13.2. The fourth-order valence-electron chi connectivity index (χ4n) is 3.55. The molecule has 0 saturated carbocycles. The highest BCUT2D eigenvalue weighted by Gasteiger charge is 2.31. The van der Waals surface area contributed by atoms with Crippen molar-refractivity contribution in [3.8, 4) is 0 Å². The number of carbonyl (C=O) groups is 1. The van der Waals surface area contributed by atoms with E-state index in [2.05, 4.69) is 5.32 Å². The van der Waals surface area contributed by atoms with E-state index in [-0.39, 0.29) is 10.8 Å². The number of nitrogens with one attached hydrogen (secondary N) is 1. The molecule has 4 rings (SSSR count). The van der Waals surface area contributed by atoms with Crippen LogP contribution in [0, 0.1) is 13.8 Å². The maximum atomic E-state index is 13.0. The van der Waals surface area contributed by atoms with Gasteiger partial charge in [-0.2, -0.15) is 0 Å². The smallest absolute Gasteiger partial charge is 0.264 e. The first kappa shape index (κ1) is 19.2. The average Bonchev–Trinajstić information content (AvgIpc) is 3.15. The van der Waals surface area contributed by atoms with Gasteiger partial charge < -0.3 is 5.32 Å². The average molecular weight is 407 g/mol. The second kappa shape index (κ2) is 7.37. The standard InChI is InChI=1S/C23H22N2O3S/c1-16-8-9-17(2)21(14-16)24-23(26)19-10-11-22-18(15-19)12-13-25(22)29(27,28)20-6-4-3-5-7-20/h3-11,14-15H,12-13H2,1-2H3,(H,24,26). The molecule has 3 aromatic rings. The molecule has 0 unspecified atom stereocenters. The number of carbonyl (C=O) groups excluding carboxylic acids is 1. The number of benzene rings is 3. The highest BCUT2D eigenvalue weighted by Crippen LogP contribution is 2.33. The second-order valence-electron chi connectivity index (χ2n) is 7.26. The van der Waals surface area contributed by atoms with Crippen molar-refractivity contribution in [2.75, 3.05) is 16.2 Å². The lowest BCUT2D eigenvalue weighted by atomic mass is 10.1. The van der Waals surface area contributed by atoms with Crippen LogP contribution in [0.3, 0.4) is 0 Å². The molecule has 0 aliphatic carbocycles. The summed E-state index contributed by atoms with van der Waals surface area (Å²) in [7, 11) is -3.61. The first-order chi connectivity index (χ1) is 13.9. The highest BCUT2D eigenvalue weighted by atomic mass is 32.2. The van der Waals surface area contributed by atoms with E-state index in [0.717, 1.165) is 22.4 Å². The first-order valence-electron chi connectivity index (χ1n) is 9.45. The Labute approximate surface area is 171 Å². The van der Waals surface area contributed by atoms with E-state index in [0.29, 0.717) is 24.2 Å². The molecule has 3 aromatic carbocycles. The number of aryl methyl sites for hydroxylation is 2. The van der Waals surface area contributed by atoms with E-state index in [9.17, 15) is 13.2 Å². The number of amides is 1. The van der Waals surface area contributed by atoms with Crippen LogP contribution in [0.15, 0.2) is 71.6 Å². The van der Waals surface area contributed by atoms with Crippen molar-refractivity contribution in [1.29, 1.82) is 0 Å². The zero-order valence-electron chi connectivity index (χ0n) is 16.3. The molecule has 0 fully saturated rings. The summed E-state index contributed by atoms with van der Waals surface area (Å²) in [6.07, 6.45) is 0.575. The molecule has 0 bridgehead atoms. The molecule has 1 aliphatic rings. The van der Waals surface area contributed by atoms with Gasteiger partial charge in [-0.25, -0.2) is 8.42 Å². The maximum Gasteiger partial charge on any atom is 0.264 e. The number of hydrogen-bond acceptors (Lipinski definition) is 3. The van der Waals surface area contributed by atoms with Crippen LogP contribution < -0.4 is 9.62 Å². The number of anilines is 2. The van der Waals surface area contributed by atoms with E-state index in [1.807, 2.05) is 32.0 Å². The van der Waals surface area contributed by atoms with E-state index in [1.165, 1.54) is 4.31 Å². The fraction of sp³-hybridized carbons (Fsp3) is 0.174. The van der Waals surface area contributed by atoms with Crippen molar-refractivity contribution >= 4 is 27.3 Å². The summed E-state index contributed by atoms with van der Waals surface area (Å²) in [5, 5.41) is 2.96. The van der Waals surface area contributed by atoms with Gasteiger partial charge >= 0.3 is 0 Å². The highest BCUT2D eigenvalue weighted by molar-refractivity contribution is 7.92. The topological polar surface area (TPSA) is 66.5 Å². The molecule has 1 amide bonds. The zero-order valence-corrected chi connectivity index (χ0v) is 17.2. The third kappa shape index (κ3) is 3.63. The molecule has 1 N–H and O–H groups in total. The van der Waals surface area contributed by atoms with Crippen LogP contribution in [-0.4, -0.2) is 20.9 Å². The lowest BCUT2D eigenvalue weighted by Gasteiger charge is -2.19. The Morgan fingerprint density at radius 1 is 0.966 bits per heavy atom. The monoisotopic (exact) mass is 406 g/mol. The predicted molar refractivity (Wildman–Crippen MR) is 115 cm³/mol. The van der Waals surface area contributed by atoms with Crippen molar-refractivity contribution in [2.45, 2.75) is 25.2 Å². The largest absolute Gasteiger partial charge is 0.322 e. The second-order valence-corrected chi connectivity index (χ2v) is 9.12. The van der Waals surface area contributed by atoms with Gasteiger partial charge in [0.15, 0.2) is 0 Å². The third-order valence-corrected chi connectivity index (χ3v) is 6.99. The molecule has 6 heteroatoms. The van der Waals surface area contributed by atoms with Crippen LogP contribution in [0.5, 0.6) is 0 Å². The summed E-state index contributed by atoms with van der Waals surface area (Å²) in [6.45, 7) is 4.30. The van der Waals surface area contributed by atoms with Gasteiger partial charge in [0.25, 0.3) is 15.9 Å². The van der Waals surface area contributed by atoms with E-state index in [1.54, 1.807) is 48.5 Å². The van der Waals surface area contributed by atoms with Crippen LogP contribution >= 0.6 is 0 Å². The van der Waals surface area contributed by atoms with E-state index in [4.69, 9.17) is 0 Å². The maximum absolute atomic E-state index is 13.0. The summed E-state index contributed by atoms with van der Waals surface area (Å²) in [6, 6.07) is 19.5. The summed E-state index contributed by atoms with van der Waals surface area (Å²) in [5.41, 5.74) is 4.86. The van der Waals surface area contributed by atoms with Crippen LogP contribution in [0.1, 0.15) is 27.0 Å². The van der Waals surface area contributed by atoms with Crippen molar-refractivity contribution in [3.05, 3.63) is 89.0 Å². The molecule has 29 heavy (non-hydrogen) atoms. The molecule has 148 valence electrons. The molecule has 5 nitrogen and oxygen atoms in total. The summed E-state index contributed by atoms with van der Waals surface area (Å²) < 4.78 is 27.4. The van der Waals surface area contributed by atoms with Gasteiger partial charge in [-0.05, 0) is 73.4 Å². The van der Waals surface area contributed by atoms with Gasteiger partial charge in [-0.3, -0.25) is 9.10 Å². The van der Waals surface area contributed by atoms with E-state index >= 15 is 0 Å². The van der Waals surface area contributed by atoms with Crippen molar-refractivity contribution in [3.63, 3.8) is 0 Å². The SMILES string of the molecule is Cc1ccc(C)c(NC(=O)c2ccc3c(c2)CCN3S(=O)(=O)c2ccccc2)c1. The molecular formula is C23H22N2O3S. The summed E-state index contributed by atoms with van der Waals surface area (Å²) >= 11 is 0. The molecule has 0 saturated heterocycles. The van der Waals surface area contributed by atoms with Crippen LogP contribution in [0.2, 0.25) is 0 Å². The first-order valence-corrected chi connectivity index (χ1v) is 10.9. The van der Waals surface area contributed by atoms with Crippen LogP contribution in [-0.2, 0) is 16.4 Å². The van der Waals surface area contributed by atoms with Gasteiger partial charge in [0.1, 0.15) is 0 Å². The molecule has 0 spiro atoms. The van der Waals surface area contributed by atoms with Gasteiger partial charge in [-0.1, -0.05) is 30.3 Å². The Balaban J connectivity index is 1.60. The lowest BCUT2D eigenvalue weighted by Crippen LogP contribution is -2.29. The Hall–Kier alpha value is -3.12. The Kier molecular flexibility index (Phi) is 4.88. The van der Waals surface area contributed by atoms with Gasteiger partial charge in [0.05, 0.1) is 10.6 Å². The number of nitrogens with zero attached hydrogens (tertiary/aromatic N) is 1. The zero-order chi connectivity index (χ0) is 20.6. The third-order valence-electron chi connectivity index (χ3n) is 5.17. The minimum Gasteiger partial charge on any atom is -0.322 e. The van der Waals surface area contributed by atoms with Crippen LogP contribution in [0.25, 0.3) is 0 Å². The molecule has 1 heterocycles. The van der Waals surface area contributed by atoms with Gasteiger partial charge in [-0.15, -0.1) is 0 Å². The van der Waals surface area contributed by atoms with Crippen molar-refractivity contribution in [1.82, 2.24) is 0 Å². The van der Waals surface area contributed by atoms with Gasteiger partial charge in [0.2, 0.25) is 0 Å². The molecule has 0 atom stereocenters. The Morgan fingerprint density at radius 2 is 1.72 bits per heavy atom. The Morgan fingerprint density at radius 3 is 2.48 bits per heavy atom. The van der Waals surface area contributed by atoms with Crippen molar-refractivity contribution < 1.29 is 13.2 Å². The number of fused-ring (bicyclic) bond motifs is 1. The quantitative estimate of drug-likeness (QED) is 0.702.